The first-order valence-electron chi connectivity index (χ1n) is 5.81. The van der Waals surface area contributed by atoms with Gasteiger partial charge in [0.2, 0.25) is 0 Å². The largest absolute Gasteiger partial charge is 0.497 e. The maximum atomic E-state index is 11.1. The Morgan fingerprint density at radius 3 is 2.56 bits per heavy atom. The van der Waals surface area contributed by atoms with Crippen LogP contribution in [0.15, 0.2) is 24.3 Å². The molecule has 0 atom stereocenters. The Kier molecular flexibility index (Phi) is 3.84. The van der Waals surface area contributed by atoms with Crippen molar-refractivity contribution >= 4 is 5.97 Å². The SMILES string of the molecule is COc1ccc(CNCC2(C(=O)O)COC2)cc1. The molecule has 1 fully saturated rings. The molecule has 0 saturated carbocycles. The molecule has 2 rings (SSSR count). The number of carboxylic acids is 1. The highest BCUT2D eigenvalue weighted by molar-refractivity contribution is 5.76. The van der Waals surface area contributed by atoms with E-state index in [9.17, 15) is 4.79 Å². The number of hydrogen-bond acceptors (Lipinski definition) is 4. The monoisotopic (exact) mass is 251 g/mol. The van der Waals surface area contributed by atoms with Gasteiger partial charge in [-0.3, -0.25) is 4.79 Å². The number of ether oxygens (including phenoxy) is 2. The predicted molar refractivity (Wildman–Crippen MR) is 65.6 cm³/mol. The lowest BCUT2D eigenvalue weighted by molar-refractivity contribution is -0.178. The van der Waals surface area contributed by atoms with E-state index in [1.165, 1.54) is 0 Å². The molecule has 1 aliphatic rings. The fourth-order valence-corrected chi connectivity index (χ4v) is 1.84. The van der Waals surface area contributed by atoms with E-state index in [2.05, 4.69) is 5.32 Å². The quantitative estimate of drug-likeness (QED) is 0.785. The molecule has 0 radical (unpaired) electrons. The number of benzene rings is 1. The minimum Gasteiger partial charge on any atom is -0.497 e. The van der Waals surface area contributed by atoms with E-state index in [0.717, 1.165) is 11.3 Å². The first kappa shape index (κ1) is 12.9. The molecule has 1 aromatic rings. The average Bonchev–Trinajstić information content (AvgIpc) is 2.33. The molecule has 18 heavy (non-hydrogen) atoms. The fraction of sp³-hybridized carbons (Fsp3) is 0.462. The van der Waals surface area contributed by atoms with Gasteiger partial charge in [-0.15, -0.1) is 0 Å². The molecule has 0 aliphatic carbocycles. The summed E-state index contributed by atoms with van der Waals surface area (Å²) >= 11 is 0. The third-order valence-electron chi connectivity index (χ3n) is 3.16. The summed E-state index contributed by atoms with van der Waals surface area (Å²) in [6, 6.07) is 7.68. The third-order valence-corrected chi connectivity index (χ3v) is 3.16. The van der Waals surface area contributed by atoms with Gasteiger partial charge in [0.25, 0.3) is 0 Å². The summed E-state index contributed by atoms with van der Waals surface area (Å²) < 4.78 is 10.1. The summed E-state index contributed by atoms with van der Waals surface area (Å²) in [5.41, 5.74) is 0.350. The predicted octanol–water partition coefficient (Wildman–Crippen LogP) is 0.886. The van der Waals surface area contributed by atoms with Crippen molar-refractivity contribution in [3.63, 3.8) is 0 Å². The molecule has 1 aliphatic heterocycles. The van der Waals surface area contributed by atoms with Crippen LogP contribution in [0, 0.1) is 5.41 Å². The zero-order valence-electron chi connectivity index (χ0n) is 10.3. The second-order valence-electron chi connectivity index (χ2n) is 4.53. The lowest BCUT2D eigenvalue weighted by Gasteiger charge is -2.37. The number of carboxylic acid groups (broad SMARTS) is 1. The number of rotatable bonds is 6. The van der Waals surface area contributed by atoms with Crippen molar-refractivity contribution in [2.75, 3.05) is 26.9 Å². The molecule has 0 unspecified atom stereocenters. The van der Waals surface area contributed by atoms with Gasteiger partial charge in [-0.25, -0.2) is 0 Å². The van der Waals surface area contributed by atoms with Gasteiger partial charge in [0, 0.05) is 13.1 Å². The molecule has 0 amide bonds. The van der Waals surface area contributed by atoms with Gasteiger partial charge in [0.05, 0.1) is 20.3 Å². The van der Waals surface area contributed by atoms with E-state index >= 15 is 0 Å². The third kappa shape index (κ3) is 2.63. The van der Waals surface area contributed by atoms with Gasteiger partial charge in [-0.1, -0.05) is 12.1 Å². The molecule has 5 nitrogen and oxygen atoms in total. The van der Waals surface area contributed by atoms with Gasteiger partial charge in [0.15, 0.2) is 0 Å². The first-order valence-corrected chi connectivity index (χ1v) is 5.81. The van der Waals surface area contributed by atoms with Crippen LogP contribution in [-0.4, -0.2) is 37.9 Å². The van der Waals surface area contributed by atoms with Gasteiger partial charge in [0.1, 0.15) is 11.2 Å². The van der Waals surface area contributed by atoms with E-state index < -0.39 is 11.4 Å². The summed E-state index contributed by atoms with van der Waals surface area (Å²) in [4.78, 5) is 11.1. The van der Waals surface area contributed by atoms with E-state index in [0.29, 0.717) is 13.1 Å². The molecule has 2 N–H and O–H groups in total. The van der Waals surface area contributed by atoms with Crippen LogP contribution in [0.25, 0.3) is 0 Å². The van der Waals surface area contributed by atoms with Crippen LogP contribution in [0.4, 0.5) is 0 Å². The second kappa shape index (κ2) is 5.37. The van der Waals surface area contributed by atoms with Crippen molar-refractivity contribution in [3.8, 4) is 5.75 Å². The van der Waals surface area contributed by atoms with E-state index in [-0.39, 0.29) is 13.2 Å². The van der Waals surface area contributed by atoms with Crippen LogP contribution in [-0.2, 0) is 16.1 Å². The van der Waals surface area contributed by atoms with E-state index in [4.69, 9.17) is 14.6 Å². The Labute approximate surface area is 106 Å². The maximum Gasteiger partial charge on any atom is 0.315 e. The first-order chi connectivity index (χ1) is 8.66. The molecule has 1 saturated heterocycles. The highest BCUT2D eigenvalue weighted by Crippen LogP contribution is 2.26. The van der Waals surface area contributed by atoms with Crippen molar-refractivity contribution in [2.45, 2.75) is 6.54 Å². The van der Waals surface area contributed by atoms with Gasteiger partial charge < -0.3 is 19.9 Å². The van der Waals surface area contributed by atoms with Crippen molar-refractivity contribution in [2.24, 2.45) is 5.41 Å². The summed E-state index contributed by atoms with van der Waals surface area (Å²) in [6.45, 7) is 1.64. The summed E-state index contributed by atoms with van der Waals surface area (Å²) in [5, 5.41) is 12.3. The Balaban J connectivity index is 1.82. The van der Waals surface area contributed by atoms with Crippen molar-refractivity contribution < 1.29 is 19.4 Å². The topological polar surface area (TPSA) is 67.8 Å². The zero-order chi connectivity index (χ0) is 13.0. The highest BCUT2D eigenvalue weighted by atomic mass is 16.5. The number of methoxy groups -OCH3 is 1. The molecule has 1 heterocycles. The second-order valence-corrected chi connectivity index (χ2v) is 4.53. The Hall–Kier alpha value is -1.59. The molecule has 0 spiro atoms. The normalized spacial score (nSPS) is 16.9. The van der Waals surface area contributed by atoms with Crippen LogP contribution < -0.4 is 10.1 Å². The van der Waals surface area contributed by atoms with Crippen LogP contribution in [0.1, 0.15) is 5.56 Å². The van der Waals surface area contributed by atoms with Gasteiger partial charge in [-0.05, 0) is 17.7 Å². The van der Waals surface area contributed by atoms with Crippen LogP contribution in [0.3, 0.4) is 0 Å². The molecule has 5 heteroatoms. The van der Waals surface area contributed by atoms with Crippen molar-refractivity contribution in [3.05, 3.63) is 29.8 Å². The Bertz CT molecular complexity index is 412. The summed E-state index contributed by atoms with van der Waals surface area (Å²) in [5.74, 6) is 0.0177. The van der Waals surface area contributed by atoms with Gasteiger partial charge in [-0.2, -0.15) is 0 Å². The highest BCUT2D eigenvalue weighted by Gasteiger charge is 2.45. The Morgan fingerprint density at radius 1 is 1.44 bits per heavy atom. The molecule has 1 aromatic carbocycles. The molecular weight excluding hydrogens is 234 g/mol. The number of nitrogens with one attached hydrogen (secondary N) is 1. The van der Waals surface area contributed by atoms with E-state index in [1.54, 1.807) is 7.11 Å². The summed E-state index contributed by atoms with van der Waals surface area (Å²) in [6.07, 6.45) is 0. The van der Waals surface area contributed by atoms with Crippen molar-refractivity contribution in [1.29, 1.82) is 0 Å². The molecule has 98 valence electrons. The number of carbonyl (C=O) groups is 1. The van der Waals surface area contributed by atoms with Crippen LogP contribution in [0.5, 0.6) is 5.75 Å². The minimum absolute atomic E-state index is 0.290. The standard InChI is InChI=1S/C13H17NO4/c1-17-11-4-2-10(3-5-11)6-14-7-13(12(15)16)8-18-9-13/h2-5,14H,6-9H2,1H3,(H,15,16). The van der Waals surface area contributed by atoms with Gasteiger partial charge >= 0.3 is 5.97 Å². The summed E-state index contributed by atoms with van der Waals surface area (Å²) in [7, 11) is 1.63. The maximum absolute atomic E-state index is 11.1. The Morgan fingerprint density at radius 2 is 2.11 bits per heavy atom. The molecule has 0 bridgehead atoms. The average molecular weight is 251 g/mol. The molecule has 0 aromatic heterocycles. The van der Waals surface area contributed by atoms with Crippen LogP contribution in [0.2, 0.25) is 0 Å². The van der Waals surface area contributed by atoms with E-state index in [1.807, 2.05) is 24.3 Å². The number of hydrogen-bond donors (Lipinski definition) is 2. The lowest BCUT2D eigenvalue weighted by Crippen LogP contribution is -2.55. The lowest BCUT2D eigenvalue weighted by atomic mass is 9.86. The van der Waals surface area contributed by atoms with Crippen LogP contribution >= 0.6 is 0 Å². The number of aliphatic carboxylic acids is 1. The molecular formula is C13H17NO4. The smallest absolute Gasteiger partial charge is 0.315 e. The zero-order valence-corrected chi connectivity index (χ0v) is 10.3. The minimum atomic E-state index is -0.795. The fourth-order valence-electron chi connectivity index (χ4n) is 1.84. The van der Waals surface area contributed by atoms with Crippen molar-refractivity contribution in [1.82, 2.24) is 5.32 Å².